The molecule has 0 bridgehead atoms. The maximum atomic E-state index is 12.2. The van der Waals surface area contributed by atoms with Crippen LogP contribution < -0.4 is 10.1 Å². The lowest BCUT2D eigenvalue weighted by atomic mass is 10.1. The molecule has 0 radical (unpaired) electrons. The number of nitrogens with one attached hydrogen (secondary N) is 1. The second-order valence-electron chi connectivity index (χ2n) is 5.58. The summed E-state index contributed by atoms with van der Waals surface area (Å²) < 4.78 is 10.1. The van der Waals surface area contributed by atoms with Crippen LogP contribution >= 0.6 is 23.2 Å². The summed E-state index contributed by atoms with van der Waals surface area (Å²) in [4.78, 5) is 24.5. The summed E-state index contributed by atoms with van der Waals surface area (Å²) in [5, 5.41) is 12.2. The van der Waals surface area contributed by atoms with Crippen LogP contribution in [-0.2, 0) is 14.3 Å². The number of rotatable bonds is 6. The smallest absolute Gasteiger partial charge is 0.349 e. The molecular formula is C20H16Cl2N2O4. The van der Waals surface area contributed by atoms with Crippen molar-refractivity contribution in [1.82, 2.24) is 0 Å². The van der Waals surface area contributed by atoms with Crippen molar-refractivity contribution in [3.8, 4) is 11.8 Å². The van der Waals surface area contributed by atoms with Crippen LogP contribution in [0.25, 0.3) is 6.08 Å². The Kier molecular flexibility index (Phi) is 7.44. The topological polar surface area (TPSA) is 88.4 Å². The van der Waals surface area contributed by atoms with E-state index in [1.807, 2.05) is 0 Å². The van der Waals surface area contributed by atoms with Gasteiger partial charge >= 0.3 is 5.97 Å². The Labute approximate surface area is 172 Å². The molecule has 28 heavy (non-hydrogen) atoms. The number of hydrogen-bond donors (Lipinski definition) is 1. The zero-order valence-electron chi connectivity index (χ0n) is 15.0. The first-order valence-corrected chi connectivity index (χ1v) is 8.83. The number of ether oxygens (including phenoxy) is 2. The van der Waals surface area contributed by atoms with Gasteiger partial charge in [0.1, 0.15) is 17.4 Å². The molecule has 0 spiro atoms. The minimum atomic E-state index is -1.16. The molecule has 2 aromatic rings. The number of carbonyl (C=O) groups excluding carboxylic acids is 2. The molecule has 0 aromatic heterocycles. The van der Waals surface area contributed by atoms with Crippen molar-refractivity contribution in [2.75, 3.05) is 12.4 Å². The van der Waals surface area contributed by atoms with Gasteiger partial charge in [-0.1, -0.05) is 41.4 Å². The molecule has 0 heterocycles. The number of methoxy groups -OCH3 is 1. The molecule has 6 nitrogen and oxygen atoms in total. The molecule has 0 aliphatic heterocycles. The van der Waals surface area contributed by atoms with Crippen molar-refractivity contribution >= 4 is 46.8 Å². The van der Waals surface area contributed by atoms with E-state index in [0.717, 1.165) is 0 Å². The Bertz CT molecular complexity index is 950. The van der Waals surface area contributed by atoms with E-state index in [0.29, 0.717) is 11.3 Å². The van der Waals surface area contributed by atoms with Gasteiger partial charge in [0.25, 0.3) is 5.91 Å². The number of hydrogen-bond acceptors (Lipinski definition) is 5. The number of carbonyl (C=O) groups is 2. The second kappa shape index (κ2) is 9.79. The van der Waals surface area contributed by atoms with Crippen molar-refractivity contribution in [2.45, 2.75) is 13.0 Å². The Morgan fingerprint density at radius 2 is 1.86 bits per heavy atom. The van der Waals surface area contributed by atoms with E-state index >= 15 is 0 Å². The molecule has 1 amide bonds. The van der Waals surface area contributed by atoms with Gasteiger partial charge < -0.3 is 14.8 Å². The number of amides is 1. The van der Waals surface area contributed by atoms with E-state index < -0.39 is 18.0 Å². The summed E-state index contributed by atoms with van der Waals surface area (Å²) in [6.07, 6.45) is 0.204. The Morgan fingerprint density at radius 3 is 2.46 bits per heavy atom. The summed E-state index contributed by atoms with van der Waals surface area (Å²) in [6.45, 7) is 1.38. The number of esters is 1. The van der Waals surface area contributed by atoms with E-state index in [4.69, 9.17) is 32.7 Å². The SMILES string of the molecule is COc1ccc(/C=C(\C#N)C(=O)OC(C)C(=O)Nc2cccc(Cl)c2Cl)cc1. The second-order valence-corrected chi connectivity index (χ2v) is 6.37. The van der Waals surface area contributed by atoms with Gasteiger partial charge in [0.05, 0.1) is 22.8 Å². The summed E-state index contributed by atoms with van der Waals surface area (Å²) in [5.41, 5.74) is 0.652. The third kappa shape index (κ3) is 5.49. The van der Waals surface area contributed by atoms with Crippen LogP contribution in [0, 0.1) is 11.3 Å². The lowest BCUT2D eigenvalue weighted by molar-refractivity contribution is -0.148. The maximum absolute atomic E-state index is 12.2. The van der Waals surface area contributed by atoms with E-state index in [2.05, 4.69) is 5.32 Å². The first-order valence-electron chi connectivity index (χ1n) is 8.07. The zero-order valence-corrected chi connectivity index (χ0v) is 16.5. The van der Waals surface area contributed by atoms with Crippen LogP contribution in [0.3, 0.4) is 0 Å². The third-order valence-electron chi connectivity index (χ3n) is 3.63. The monoisotopic (exact) mass is 418 g/mol. The standard InChI is InChI=1S/C20H16Cl2N2O4/c1-12(19(25)24-17-5-3-4-16(21)18(17)22)28-20(26)14(11-23)10-13-6-8-15(27-2)9-7-13/h3-10,12H,1-2H3,(H,24,25)/b14-10+. The largest absolute Gasteiger partial charge is 0.497 e. The van der Waals surface area contributed by atoms with Crippen molar-refractivity contribution in [2.24, 2.45) is 0 Å². The van der Waals surface area contributed by atoms with Crippen molar-refractivity contribution in [1.29, 1.82) is 5.26 Å². The Balaban J connectivity index is 2.06. The van der Waals surface area contributed by atoms with Crippen LogP contribution in [-0.4, -0.2) is 25.1 Å². The first kappa shape index (κ1) is 21.3. The predicted molar refractivity (Wildman–Crippen MR) is 107 cm³/mol. The highest BCUT2D eigenvalue weighted by atomic mass is 35.5. The fraction of sp³-hybridized carbons (Fsp3) is 0.150. The summed E-state index contributed by atoms with van der Waals surface area (Å²) in [7, 11) is 1.53. The van der Waals surface area contributed by atoms with Gasteiger partial charge in [0.2, 0.25) is 0 Å². The quantitative estimate of drug-likeness (QED) is 0.424. The van der Waals surface area contributed by atoms with Crippen LogP contribution in [0.2, 0.25) is 10.0 Å². The molecule has 2 rings (SSSR count). The zero-order chi connectivity index (χ0) is 20.7. The fourth-order valence-electron chi connectivity index (χ4n) is 2.12. The van der Waals surface area contributed by atoms with E-state index in [1.165, 1.54) is 20.1 Å². The van der Waals surface area contributed by atoms with Gasteiger partial charge in [-0.15, -0.1) is 0 Å². The molecule has 2 aromatic carbocycles. The molecule has 0 saturated heterocycles. The Hall–Kier alpha value is -3.01. The van der Waals surface area contributed by atoms with Gasteiger partial charge in [-0.3, -0.25) is 4.79 Å². The molecule has 8 heteroatoms. The minimum absolute atomic E-state index is 0.174. The average molecular weight is 419 g/mol. The lowest BCUT2D eigenvalue weighted by Gasteiger charge is -2.14. The highest BCUT2D eigenvalue weighted by Crippen LogP contribution is 2.29. The third-order valence-corrected chi connectivity index (χ3v) is 4.45. The molecule has 0 aliphatic carbocycles. The molecule has 1 unspecified atom stereocenters. The molecular weight excluding hydrogens is 403 g/mol. The summed E-state index contributed by atoms with van der Waals surface area (Å²) in [6, 6.07) is 13.3. The van der Waals surface area contributed by atoms with Crippen LogP contribution in [0.1, 0.15) is 12.5 Å². The lowest BCUT2D eigenvalue weighted by Crippen LogP contribution is -2.30. The minimum Gasteiger partial charge on any atom is -0.497 e. The van der Waals surface area contributed by atoms with E-state index in [-0.39, 0.29) is 21.3 Å². The fourth-order valence-corrected chi connectivity index (χ4v) is 2.46. The van der Waals surface area contributed by atoms with Crippen molar-refractivity contribution < 1.29 is 19.1 Å². The number of halogens is 2. The van der Waals surface area contributed by atoms with Gasteiger partial charge in [-0.25, -0.2) is 4.79 Å². The van der Waals surface area contributed by atoms with Gasteiger partial charge in [0.15, 0.2) is 6.10 Å². The molecule has 0 fully saturated rings. The summed E-state index contributed by atoms with van der Waals surface area (Å²) >= 11 is 11.9. The number of nitriles is 1. The van der Waals surface area contributed by atoms with Gasteiger partial charge in [-0.2, -0.15) is 5.26 Å². The number of benzene rings is 2. The van der Waals surface area contributed by atoms with Crippen LogP contribution in [0.5, 0.6) is 5.75 Å². The van der Waals surface area contributed by atoms with Crippen molar-refractivity contribution in [3.63, 3.8) is 0 Å². The molecule has 0 saturated carbocycles. The highest BCUT2D eigenvalue weighted by molar-refractivity contribution is 6.44. The highest BCUT2D eigenvalue weighted by Gasteiger charge is 2.21. The van der Waals surface area contributed by atoms with Gasteiger partial charge in [-0.05, 0) is 42.8 Å². The average Bonchev–Trinajstić information content (AvgIpc) is 2.69. The van der Waals surface area contributed by atoms with Crippen LogP contribution in [0.4, 0.5) is 5.69 Å². The van der Waals surface area contributed by atoms with Gasteiger partial charge in [0, 0.05) is 0 Å². The molecule has 1 atom stereocenters. The molecule has 144 valence electrons. The number of nitrogens with zero attached hydrogens (tertiary/aromatic N) is 1. The normalized spacial score (nSPS) is 11.9. The first-order chi connectivity index (χ1) is 13.3. The van der Waals surface area contributed by atoms with Crippen molar-refractivity contribution in [3.05, 3.63) is 63.6 Å². The van der Waals surface area contributed by atoms with E-state index in [1.54, 1.807) is 48.5 Å². The maximum Gasteiger partial charge on any atom is 0.349 e. The van der Waals surface area contributed by atoms with Crippen LogP contribution in [0.15, 0.2) is 48.0 Å². The summed E-state index contributed by atoms with van der Waals surface area (Å²) in [5.74, 6) is -0.888. The molecule has 1 N–H and O–H groups in total. The van der Waals surface area contributed by atoms with E-state index in [9.17, 15) is 14.9 Å². The predicted octanol–water partition coefficient (Wildman–Crippen LogP) is 4.48. The molecule has 0 aliphatic rings. The number of anilines is 1. The Morgan fingerprint density at radius 1 is 1.18 bits per heavy atom.